The Morgan fingerprint density at radius 2 is 2.08 bits per heavy atom. The van der Waals surface area contributed by atoms with Gasteiger partial charge >= 0.3 is 5.97 Å². The molecule has 1 unspecified atom stereocenters. The summed E-state index contributed by atoms with van der Waals surface area (Å²) >= 11 is 5.98. The third-order valence-corrected chi connectivity index (χ3v) is 3.83. The highest BCUT2D eigenvalue weighted by Gasteiger charge is 2.22. The number of benzene rings is 1. The fraction of sp³-hybridized carbons (Fsp3) is 0.529. The summed E-state index contributed by atoms with van der Waals surface area (Å²) in [5.41, 5.74) is 0.408. The third-order valence-electron chi connectivity index (χ3n) is 3.52. The van der Waals surface area contributed by atoms with E-state index < -0.39 is 11.9 Å². The topological polar surface area (TPSA) is 76.1 Å². The molecule has 1 atom stereocenters. The number of rotatable bonds is 10. The fourth-order valence-electron chi connectivity index (χ4n) is 2.16. The first kappa shape index (κ1) is 20.3. The molecule has 0 bridgehead atoms. The van der Waals surface area contributed by atoms with Crippen LogP contribution in [0.3, 0.4) is 0 Å². The van der Waals surface area contributed by atoms with Gasteiger partial charge in [-0.05, 0) is 31.5 Å². The smallest absolute Gasteiger partial charge is 0.308 e. The second-order valence-electron chi connectivity index (χ2n) is 5.39. The minimum atomic E-state index is -0.939. The molecular weight excluding hydrogens is 334 g/mol. The van der Waals surface area contributed by atoms with Crippen LogP contribution in [-0.4, -0.2) is 55.3 Å². The molecule has 7 heteroatoms. The van der Waals surface area contributed by atoms with Gasteiger partial charge in [-0.2, -0.15) is 0 Å². The Hall–Kier alpha value is -1.79. The van der Waals surface area contributed by atoms with Gasteiger partial charge in [-0.25, -0.2) is 0 Å². The van der Waals surface area contributed by atoms with Crippen molar-refractivity contribution in [1.82, 2.24) is 4.90 Å². The van der Waals surface area contributed by atoms with E-state index in [4.69, 9.17) is 26.2 Å². The molecule has 1 amide bonds. The summed E-state index contributed by atoms with van der Waals surface area (Å²) in [6, 6.07) is 4.76. The average Bonchev–Trinajstić information content (AvgIpc) is 2.57. The molecule has 0 heterocycles. The van der Waals surface area contributed by atoms with Gasteiger partial charge in [-0.3, -0.25) is 9.59 Å². The number of ether oxygens (including phenoxy) is 2. The molecule has 1 aromatic carbocycles. The van der Waals surface area contributed by atoms with Crippen LogP contribution in [0.4, 0.5) is 0 Å². The Labute approximate surface area is 147 Å². The highest BCUT2D eigenvalue weighted by Crippen LogP contribution is 2.25. The quantitative estimate of drug-likeness (QED) is 0.651. The summed E-state index contributed by atoms with van der Waals surface area (Å²) in [5.74, 6) is -1.45. The molecule has 0 aliphatic carbocycles. The van der Waals surface area contributed by atoms with Crippen molar-refractivity contribution >= 4 is 23.5 Å². The highest BCUT2D eigenvalue weighted by molar-refractivity contribution is 6.32. The normalized spacial score (nSPS) is 11.8. The SMILES string of the molecule is CCOCCCN(CC(C)C(=O)O)C(=O)c1ccc(Cl)c(OC)c1. The van der Waals surface area contributed by atoms with Crippen molar-refractivity contribution in [2.24, 2.45) is 5.92 Å². The van der Waals surface area contributed by atoms with E-state index >= 15 is 0 Å². The fourth-order valence-corrected chi connectivity index (χ4v) is 2.36. The van der Waals surface area contributed by atoms with Crippen LogP contribution in [0.1, 0.15) is 30.6 Å². The van der Waals surface area contributed by atoms with Crippen LogP contribution in [0.25, 0.3) is 0 Å². The van der Waals surface area contributed by atoms with Crippen molar-refractivity contribution in [3.05, 3.63) is 28.8 Å². The van der Waals surface area contributed by atoms with Crippen LogP contribution < -0.4 is 4.74 Å². The van der Waals surface area contributed by atoms with Crippen LogP contribution in [0.15, 0.2) is 18.2 Å². The molecule has 0 spiro atoms. The number of carbonyl (C=O) groups is 2. The molecule has 0 aromatic heterocycles. The predicted molar refractivity (Wildman–Crippen MR) is 91.8 cm³/mol. The van der Waals surface area contributed by atoms with Gasteiger partial charge in [0.05, 0.1) is 18.1 Å². The Morgan fingerprint density at radius 3 is 2.67 bits per heavy atom. The van der Waals surface area contributed by atoms with Crippen molar-refractivity contribution in [2.45, 2.75) is 20.3 Å². The van der Waals surface area contributed by atoms with Crippen LogP contribution in [0.2, 0.25) is 5.02 Å². The number of aliphatic carboxylic acids is 1. The lowest BCUT2D eigenvalue weighted by molar-refractivity contribution is -0.141. The van der Waals surface area contributed by atoms with Gasteiger partial charge in [0.25, 0.3) is 5.91 Å². The van der Waals surface area contributed by atoms with Crippen molar-refractivity contribution in [3.8, 4) is 5.75 Å². The van der Waals surface area contributed by atoms with E-state index in [0.29, 0.717) is 42.5 Å². The average molecular weight is 358 g/mol. The molecule has 6 nitrogen and oxygen atoms in total. The summed E-state index contributed by atoms with van der Waals surface area (Å²) in [4.78, 5) is 25.4. The Morgan fingerprint density at radius 1 is 1.38 bits per heavy atom. The zero-order valence-corrected chi connectivity index (χ0v) is 15.0. The number of carboxylic acid groups (broad SMARTS) is 1. The molecule has 0 saturated heterocycles. The van der Waals surface area contributed by atoms with E-state index in [-0.39, 0.29) is 12.5 Å². The summed E-state index contributed by atoms with van der Waals surface area (Å²) in [6.07, 6.45) is 0.636. The maximum atomic E-state index is 12.7. The standard InChI is InChI=1S/C17H24ClNO5/c1-4-24-9-5-8-19(11-12(2)17(21)22)16(20)13-6-7-14(18)15(10-13)23-3/h6-7,10,12H,4-5,8-9,11H2,1-3H3,(H,21,22). The number of hydrogen-bond acceptors (Lipinski definition) is 4. The van der Waals surface area contributed by atoms with E-state index in [2.05, 4.69) is 0 Å². The lowest BCUT2D eigenvalue weighted by Crippen LogP contribution is -2.38. The molecule has 134 valence electrons. The van der Waals surface area contributed by atoms with E-state index in [0.717, 1.165) is 0 Å². The Bertz CT molecular complexity index is 564. The number of carboxylic acids is 1. The molecule has 1 rings (SSSR count). The second-order valence-corrected chi connectivity index (χ2v) is 5.80. The maximum absolute atomic E-state index is 12.7. The van der Waals surface area contributed by atoms with Crippen molar-refractivity contribution < 1.29 is 24.2 Å². The lowest BCUT2D eigenvalue weighted by Gasteiger charge is -2.25. The number of amides is 1. The maximum Gasteiger partial charge on any atom is 0.308 e. The summed E-state index contributed by atoms with van der Waals surface area (Å²) < 4.78 is 10.4. The zero-order chi connectivity index (χ0) is 18.1. The number of halogens is 1. The first-order chi connectivity index (χ1) is 11.4. The van der Waals surface area contributed by atoms with Gasteiger partial charge in [0, 0.05) is 31.9 Å². The van der Waals surface area contributed by atoms with E-state index in [9.17, 15) is 9.59 Å². The number of carbonyl (C=O) groups excluding carboxylic acids is 1. The molecule has 0 fully saturated rings. The van der Waals surface area contributed by atoms with Crippen molar-refractivity contribution in [2.75, 3.05) is 33.4 Å². The van der Waals surface area contributed by atoms with Crippen LogP contribution in [-0.2, 0) is 9.53 Å². The molecule has 24 heavy (non-hydrogen) atoms. The number of methoxy groups -OCH3 is 1. The second kappa shape index (κ2) is 10.2. The molecule has 1 N–H and O–H groups in total. The van der Waals surface area contributed by atoms with Gasteiger partial charge in [-0.15, -0.1) is 0 Å². The predicted octanol–water partition coefficient (Wildman–Crippen LogP) is 2.94. The lowest BCUT2D eigenvalue weighted by atomic mass is 10.1. The summed E-state index contributed by atoms with van der Waals surface area (Å²) in [7, 11) is 1.47. The molecular formula is C17H24ClNO5. The number of hydrogen-bond donors (Lipinski definition) is 1. The minimum Gasteiger partial charge on any atom is -0.495 e. The van der Waals surface area contributed by atoms with Crippen molar-refractivity contribution in [3.63, 3.8) is 0 Å². The highest BCUT2D eigenvalue weighted by atomic mass is 35.5. The van der Waals surface area contributed by atoms with E-state index in [1.54, 1.807) is 25.1 Å². The minimum absolute atomic E-state index is 0.130. The van der Waals surface area contributed by atoms with Crippen LogP contribution >= 0.6 is 11.6 Å². The largest absolute Gasteiger partial charge is 0.495 e. The Balaban J connectivity index is 2.90. The molecule has 1 aromatic rings. The monoisotopic (exact) mass is 357 g/mol. The molecule has 0 radical (unpaired) electrons. The van der Waals surface area contributed by atoms with Crippen LogP contribution in [0, 0.1) is 5.92 Å². The van der Waals surface area contributed by atoms with Gasteiger partial charge in [0.1, 0.15) is 5.75 Å². The Kier molecular flexibility index (Phi) is 8.57. The first-order valence-electron chi connectivity index (χ1n) is 7.84. The molecule has 0 aliphatic heterocycles. The van der Waals surface area contributed by atoms with Gasteiger partial charge < -0.3 is 19.5 Å². The van der Waals surface area contributed by atoms with E-state index in [1.807, 2.05) is 6.92 Å². The third kappa shape index (κ3) is 6.02. The first-order valence-corrected chi connectivity index (χ1v) is 8.21. The summed E-state index contributed by atoms with van der Waals surface area (Å²) in [5, 5.41) is 9.52. The number of nitrogens with zero attached hydrogens (tertiary/aromatic N) is 1. The zero-order valence-electron chi connectivity index (χ0n) is 14.3. The van der Waals surface area contributed by atoms with Crippen LogP contribution in [0.5, 0.6) is 5.75 Å². The van der Waals surface area contributed by atoms with Gasteiger partial charge in [0.2, 0.25) is 0 Å². The van der Waals surface area contributed by atoms with Crippen molar-refractivity contribution in [1.29, 1.82) is 0 Å². The molecule has 0 aliphatic rings. The van der Waals surface area contributed by atoms with Gasteiger partial charge in [-0.1, -0.05) is 18.5 Å². The van der Waals surface area contributed by atoms with E-state index in [1.165, 1.54) is 12.0 Å². The molecule has 0 saturated carbocycles. The van der Waals surface area contributed by atoms with Gasteiger partial charge in [0.15, 0.2) is 0 Å². The summed E-state index contributed by atoms with van der Waals surface area (Å²) in [6.45, 7) is 5.15.